The molecule has 0 unspecified atom stereocenters. The van der Waals surface area contributed by atoms with Crippen molar-refractivity contribution >= 4 is 17.7 Å². The fourth-order valence-corrected chi connectivity index (χ4v) is 1.57. The first-order chi connectivity index (χ1) is 9.17. The molecule has 0 aliphatic rings. The summed E-state index contributed by atoms with van der Waals surface area (Å²) >= 11 is 0. The van der Waals surface area contributed by atoms with Gasteiger partial charge in [-0.1, -0.05) is 12.0 Å². The van der Waals surface area contributed by atoms with E-state index in [1.165, 1.54) is 6.08 Å². The van der Waals surface area contributed by atoms with Crippen LogP contribution in [0.15, 0.2) is 46.9 Å². The summed E-state index contributed by atoms with van der Waals surface area (Å²) in [5.74, 6) is 3.73. The zero-order valence-corrected chi connectivity index (χ0v) is 10.5. The minimum atomic E-state index is -0.233. The van der Waals surface area contributed by atoms with E-state index in [2.05, 4.69) is 11.2 Å². The van der Waals surface area contributed by atoms with Crippen molar-refractivity contribution in [2.75, 3.05) is 5.32 Å². The van der Waals surface area contributed by atoms with Crippen LogP contribution in [-0.4, -0.2) is 5.91 Å². The number of furan rings is 1. The summed E-state index contributed by atoms with van der Waals surface area (Å²) in [5.41, 5.74) is 1.39. The van der Waals surface area contributed by atoms with Crippen molar-refractivity contribution in [3.8, 4) is 12.3 Å². The highest BCUT2D eigenvalue weighted by molar-refractivity contribution is 6.01. The molecule has 1 amide bonds. The Morgan fingerprint density at radius 2 is 2.21 bits per heavy atom. The van der Waals surface area contributed by atoms with Crippen LogP contribution in [0.3, 0.4) is 0 Å². The maximum Gasteiger partial charge on any atom is 0.248 e. The van der Waals surface area contributed by atoms with Crippen LogP contribution in [0.5, 0.6) is 0 Å². The predicted molar refractivity (Wildman–Crippen MR) is 75.5 cm³/mol. The highest BCUT2D eigenvalue weighted by atomic mass is 16.3. The van der Waals surface area contributed by atoms with Gasteiger partial charge in [0, 0.05) is 17.3 Å². The van der Waals surface area contributed by atoms with Crippen molar-refractivity contribution in [3.05, 3.63) is 59.6 Å². The second-order valence-electron chi connectivity index (χ2n) is 4.00. The lowest BCUT2D eigenvalue weighted by Crippen LogP contribution is -2.07. The second-order valence-corrected chi connectivity index (χ2v) is 4.00. The molecular weight excluding hydrogens is 238 g/mol. The molecule has 1 aromatic carbocycles. The molecule has 3 heteroatoms. The quantitative estimate of drug-likeness (QED) is 0.672. The van der Waals surface area contributed by atoms with Gasteiger partial charge in [-0.15, -0.1) is 6.42 Å². The second kappa shape index (κ2) is 5.74. The molecule has 19 heavy (non-hydrogen) atoms. The molecule has 0 aliphatic heterocycles. The number of amides is 1. The van der Waals surface area contributed by atoms with E-state index in [9.17, 15) is 4.79 Å². The summed E-state index contributed by atoms with van der Waals surface area (Å²) in [6.07, 6.45) is 8.33. The van der Waals surface area contributed by atoms with Gasteiger partial charge in [0.2, 0.25) is 5.91 Å². The van der Waals surface area contributed by atoms with Gasteiger partial charge in [0.25, 0.3) is 0 Å². The highest BCUT2D eigenvalue weighted by Crippen LogP contribution is 2.11. The Bertz CT molecular complexity index is 659. The van der Waals surface area contributed by atoms with Gasteiger partial charge >= 0.3 is 0 Å². The van der Waals surface area contributed by atoms with Gasteiger partial charge in [0.1, 0.15) is 11.5 Å². The summed E-state index contributed by atoms with van der Waals surface area (Å²) in [5, 5.41) is 2.73. The summed E-state index contributed by atoms with van der Waals surface area (Å²) in [4.78, 5) is 11.7. The van der Waals surface area contributed by atoms with Crippen molar-refractivity contribution in [2.24, 2.45) is 0 Å². The van der Waals surface area contributed by atoms with Crippen LogP contribution in [0.25, 0.3) is 6.08 Å². The third-order valence-electron chi connectivity index (χ3n) is 2.46. The molecule has 0 spiro atoms. The molecule has 2 aromatic rings. The van der Waals surface area contributed by atoms with Crippen LogP contribution in [0.4, 0.5) is 5.69 Å². The number of terminal acetylenes is 1. The van der Waals surface area contributed by atoms with Gasteiger partial charge in [-0.3, -0.25) is 4.79 Å². The van der Waals surface area contributed by atoms with E-state index in [4.69, 9.17) is 10.8 Å². The zero-order valence-electron chi connectivity index (χ0n) is 10.5. The fourth-order valence-electron chi connectivity index (χ4n) is 1.57. The van der Waals surface area contributed by atoms with Crippen LogP contribution < -0.4 is 5.32 Å². The van der Waals surface area contributed by atoms with E-state index < -0.39 is 0 Å². The Kier molecular flexibility index (Phi) is 3.84. The van der Waals surface area contributed by atoms with Gasteiger partial charge < -0.3 is 9.73 Å². The Morgan fingerprint density at radius 1 is 1.37 bits per heavy atom. The molecule has 3 nitrogen and oxygen atoms in total. The fraction of sp³-hybridized carbons (Fsp3) is 0.0625. The highest BCUT2D eigenvalue weighted by Gasteiger charge is 1.99. The average Bonchev–Trinajstić information content (AvgIpc) is 2.82. The van der Waals surface area contributed by atoms with Crippen LogP contribution in [0, 0.1) is 19.3 Å². The molecular formula is C16H13NO2. The van der Waals surface area contributed by atoms with E-state index in [1.807, 2.05) is 13.0 Å². The molecule has 0 fully saturated rings. The molecule has 0 atom stereocenters. The van der Waals surface area contributed by atoms with Crippen molar-refractivity contribution in [1.82, 2.24) is 0 Å². The van der Waals surface area contributed by atoms with Gasteiger partial charge in [-0.25, -0.2) is 0 Å². The SMILES string of the molecule is C#Cc1cccc(NC(=O)/C=C/c2ccc(C)o2)c1. The molecule has 0 aliphatic carbocycles. The van der Waals surface area contributed by atoms with E-state index in [0.29, 0.717) is 11.4 Å². The van der Waals surface area contributed by atoms with Gasteiger partial charge in [0.05, 0.1) is 0 Å². The summed E-state index contributed by atoms with van der Waals surface area (Å²) < 4.78 is 5.33. The largest absolute Gasteiger partial charge is 0.462 e. The number of aryl methyl sites for hydroxylation is 1. The van der Waals surface area contributed by atoms with Crippen LogP contribution in [0.1, 0.15) is 17.1 Å². The number of carbonyl (C=O) groups is 1. The van der Waals surface area contributed by atoms with Crippen LogP contribution in [-0.2, 0) is 4.79 Å². The van der Waals surface area contributed by atoms with Crippen molar-refractivity contribution in [2.45, 2.75) is 6.92 Å². The van der Waals surface area contributed by atoms with E-state index in [0.717, 1.165) is 11.3 Å². The molecule has 2 rings (SSSR count). The van der Waals surface area contributed by atoms with E-state index in [-0.39, 0.29) is 5.91 Å². The number of rotatable bonds is 3. The number of nitrogens with one attached hydrogen (secondary N) is 1. The smallest absolute Gasteiger partial charge is 0.248 e. The Hall–Kier alpha value is -2.73. The van der Waals surface area contributed by atoms with Crippen molar-refractivity contribution in [3.63, 3.8) is 0 Å². The molecule has 94 valence electrons. The monoisotopic (exact) mass is 251 g/mol. The Labute approximate surface area is 111 Å². The summed E-state index contributed by atoms with van der Waals surface area (Å²) in [6, 6.07) is 10.8. The third-order valence-corrected chi connectivity index (χ3v) is 2.46. The lowest BCUT2D eigenvalue weighted by Gasteiger charge is -2.01. The molecule has 1 heterocycles. The molecule has 1 N–H and O–H groups in total. The van der Waals surface area contributed by atoms with Crippen LogP contribution in [0.2, 0.25) is 0 Å². The number of carbonyl (C=O) groups excluding carboxylic acids is 1. The predicted octanol–water partition coefficient (Wildman–Crippen LogP) is 3.22. The maximum absolute atomic E-state index is 11.7. The molecule has 0 saturated heterocycles. The van der Waals surface area contributed by atoms with Crippen LogP contribution >= 0.6 is 0 Å². The molecule has 0 saturated carbocycles. The van der Waals surface area contributed by atoms with Gasteiger partial charge in [0.15, 0.2) is 0 Å². The Balaban J connectivity index is 2.01. The summed E-state index contributed by atoms with van der Waals surface area (Å²) in [7, 11) is 0. The normalized spacial score (nSPS) is 10.3. The lowest BCUT2D eigenvalue weighted by molar-refractivity contribution is -0.111. The number of hydrogen-bond donors (Lipinski definition) is 1. The first-order valence-corrected chi connectivity index (χ1v) is 5.79. The minimum absolute atomic E-state index is 0.233. The average molecular weight is 251 g/mol. The van der Waals surface area contributed by atoms with E-state index >= 15 is 0 Å². The Morgan fingerprint density at radius 3 is 2.89 bits per heavy atom. The first-order valence-electron chi connectivity index (χ1n) is 5.79. The molecule has 0 bridgehead atoms. The topological polar surface area (TPSA) is 42.2 Å². The van der Waals surface area contributed by atoms with Crippen molar-refractivity contribution in [1.29, 1.82) is 0 Å². The van der Waals surface area contributed by atoms with Crippen molar-refractivity contribution < 1.29 is 9.21 Å². The van der Waals surface area contributed by atoms with E-state index in [1.54, 1.807) is 36.4 Å². The van der Waals surface area contributed by atoms with Gasteiger partial charge in [-0.05, 0) is 43.3 Å². The standard InChI is InChI=1S/C16H13NO2/c1-3-13-5-4-6-14(11-13)17-16(18)10-9-15-8-7-12(2)19-15/h1,4-11H,2H3,(H,17,18)/b10-9+. The minimum Gasteiger partial charge on any atom is -0.462 e. The maximum atomic E-state index is 11.7. The number of benzene rings is 1. The number of hydrogen-bond acceptors (Lipinski definition) is 2. The molecule has 1 aromatic heterocycles. The number of anilines is 1. The summed E-state index contributed by atoms with van der Waals surface area (Å²) in [6.45, 7) is 1.85. The first kappa shape index (κ1) is 12.7. The van der Waals surface area contributed by atoms with Gasteiger partial charge in [-0.2, -0.15) is 0 Å². The third kappa shape index (κ3) is 3.62. The lowest BCUT2D eigenvalue weighted by atomic mass is 10.2. The zero-order chi connectivity index (χ0) is 13.7. The molecule has 0 radical (unpaired) electrons.